The molecule has 1 saturated heterocycles. The minimum absolute atomic E-state index is 0.0508. The van der Waals surface area contributed by atoms with Crippen LogP contribution in [0.15, 0.2) is 33.9 Å². The maximum Gasteiger partial charge on any atom is 0.276 e. The molecule has 0 radical (unpaired) electrons. The first-order valence-corrected chi connectivity index (χ1v) is 9.71. The van der Waals surface area contributed by atoms with Gasteiger partial charge < -0.3 is 4.42 Å². The van der Waals surface area contributed by atoms with Crippen molar-refractivity contribution >= 4 is 21.6 Å². The number of halogens is 1. The molecule has 3 rings (SSSR count). The van der Waals surface area contributed by atoms with Gasteiger partial charge in [-0.15, -0.1) is 10.2 Å². The molecule has 2 aromatic rings. The van der Waals surface area contributed by atoms with Crippen molar-refractivity contribution < 1.29 is 17.2 Å². The molecular formula is C14H15FN2O3S2. The summed E-state index contributed by atoms with van der Waals surface area (Å²) in [6.07, 6.45) is 1.12. The Kier molecular flexibility index (Phi) is 4.49. The minimum atomic E-state index is -2.90. The van der Waals surface area contributed by atoms with E-state index in [2.05, 4.69) is 10.2 Å². The Morgan fingerprint density at radius 2 is 2.14 bits per heavy atom. The normalized spacial score (nSPS) is 20.3. The molecule has 1 fully saturated rings. The van der Waals surface area contributed by atoms with Gasteiger partial charge in [-0.1, -0.05) is 30.0 Å². The van der Waals surface area contributed by atoms with Gasteiger partial charge >= 0.3 is 0 Å². The van der Waals surface area contributed by atoms with E-state index in [0.717, 1.165) is 0 Å². The van der Waals surface area contributed by atoms with E-state index < -0.39 is 9.84 Å². The van der Waals surface area contributed by atoms with Gasteiger partial charge in [-0.2, -0.15) is 0 Å². The Labute approximate surface area is 132 Å². The van der Waals surface area contributed by atoms with Crippen LogP contribution in [0.5, 0.6) is 0 Å². The summed E-state index contributed by atoms with van der Waals surface area (Å²) < 4.78 is 41.8. The molecule has 1 aliphatic heterocycles. The van der Waals surface area contributed by atoms with Crippen LogP contribution in [0, 0.1) is 11.7 Å². The fourth-order valence-corrected chi connectivity index (χ4v) is 5.04. The van der Waals surface area contributed by atoms with Crippen molar-refractivity contribution in [3.8, 4) is 0 Å². The minimum Gasteiger partial charge on any atom is -0.416 e. The van der Waals surface area contributed by atoms with Crippen LogP contribution in [0.4, 0.5) is 4.39 Å². The average molecular weight is 342 g/mol. The highest BCUT2D eigenvalue weighted by molar-refractivity contribution is 7.98. The molecule has 0 bridgehead atoms. The molecule has 5 nitrogen and oxygen atoms in total. The lowest BCUT2D eigenvalue weighted by Crippen LogP contribution is -2.07. The highest BCUT2D eigenvalue weighted by atomic mass is 32.2. The van der Waals surface area contributed by atoms with E-state index in [1.165, 1.54) is 17.8 Å². The third-order valence-electron chi connectivity index (χ3n) is 3.55. The van der Waals surface area contributed by atoms with Crippen LogP contribution in [-0.4, -0.2) is 30.1 Å². The molecule has 118 valence electrons. The van der Waals surface area contributed by atoms with Crippen LogP contribution in [-0.2, 0) is 22.0 Å². The molecule has 0 aliphatic carbocycles. The lowest BCUT2D eigenvalue weighted by Gasteiger charge is -2.02. The second-order valence-electron chi connectivity index (χ2n) is 5.31. The molecule has 1 aromatic heterocycles. The van der Waals surface area contributed by atoms with E-state index in [0.29, 0.717) is 35.3 Å². The predicted molar refractivity (Wildman–Crippen MR) is 80.7 cm³/mol. The Bertz CT molecular complexity index is 761. The molecule has 2 heterocycles. The molecule has 22 heavy (non-hydrogen) atoms. The first-order chi connectivity index (χ1) is 10.5. The van der Waals surface area contributed by atoms with Gasteiger partial charge in [0.25, 0.3) is 5.22 Å². The number of nitrogens with zero attached hydrogens (tertiary/aromatic N) is 2. The van der Waals surface area contributed by atoms with E-state index in [1.807, 2.05) is 0 Å². The summed E-state index contributed by atoms with van der Waals surface area (Å²) in [5.41, 5.74) is 0.578. The summed E-state index contributed by atoms with van der Waals surface area (Å²) in [7, 11) is -2.90. The molecule has 0 spiro atoms. The summed E-state index contributed by atoms with van der Waals surface area (Å²) in [4.78, 5) is 0. The molecule has 1 atom stereocenters. The van der Waals surface area contributed by atoms with E-state index in [1.54, 1.807) is 18.2 Å². The molecule has 0 saturated carbocycles. The van der Waals surface area contributed by atoms with Crippen LogP contribution in [0.3, 0.4) is 0 Å². The molecule has 1 aliphatic rings. The van der Waals surface area contributed by atoms with Crippen molar-refractivity contribution in [1.29, 1.82) is 0 Å². The third-order valence-corrected chi connectivity index (χ3v) is 6.25. The molecule has 0 N–H and O–H groups in total. The fourth-order valence-electron chi connectivity index (χ4n) is 2.41. The average Bonchev–Trinajstić information content (AvgIpc) is 3.05. The SMILES string of the molecule is O=S1(=O)CCC(Cc2nnc(SCc3ccccc3F)o2)C1. The van der Waals surface area contributed by atoms with Crippen molar-refractivity contribution in [2.45, 2.75) is 23.8 Å². The van der Waals surface area contributed by atoms with Gasteiger partial charge in [0.15, 0.2) is 9.84 Å². The quantitative estimate of drug-likeness (QED) is 0.777. The monoisotopic (exact) mass is 342 g/mol. The number of hydrogen-bond donors (Lipinski definition) is 0. The lowest BCUT2D eigenvalue weighted by atomic mass is 10.1. The zero-order valence-electron chi connectivity index (χ0n) is 11.7. The first kappa shape index (κ1) is 15.5. The van der Waals surface area contributed by atoms with Crippen LogP contribution < -0.4 is 0 Å². The van der Waals surface area contributed by atoms with E-state index in [9.17, 15) is 12.8 Å². The third kappa shape index (κ3) is 3.86. The number of benzene rings is 1. The van der Waals surface area contributed by atoms with E-state index in [-0.39, 0.29) is 23.2 Å². The molecule has 0 amide bonds. The van der Waals surface area contributed by atoms with Gasteiger partial charge in [0, 0.05) is 12.2 Å². The van der Waals surface area contributed by atoms with Gasteiger partial charge in [-0.3, -0.25) is 0 Å². The summed E-state index contributed by atoms with van der Waals surface area (Å²) in [5, 5.41) is 8.22. The zero-order chi connectivity index (χ0) is 15.6. The molecule has 8 heteroatoms. The van der Waals surface area contributed by atoms with Crippen molar-refractivity contribution in [2.24, 2.45) is 5.92 Å². The molecule has 1 aromatic carbocycles. The van der Waals surface area contributed by atoms with Gasteiger partial charge in [-0.05, 0) is 24.0 Å². The Hall–Kier alpha value is -1.41. The predicted octanol–water partition coefficient (Wildman–Crippen LogP) is 2.48. The largest absolute Gasteiger partial charge is 0.416 e. The number of rotatable bonds is 5. The Balaban J connectivity index is 1.57. The number of hydrogen-bond acceptors (Lipinski definition) is 6. The van der Waals surface area contributed by atoms with Crippen molar-refractivity contribution in [1.82, 2.24) is 10.2 Å². The maximum atomic E-state index is 13.5. The van der Waals surface area contributed by atoms with Crippen LogP contribution >= 0.6 is 11.8 Å². The second-order valence-corrected chi connectivity index (χ2v) is 8.47. The number of aromatic nitrogens is 2. The maximum absolute atomic E-state index is 13.5. The number of thioether (sulfide) groups is 1. The molecule has 1 unspecified atom stereocenters. The van der Waals surface area contributed by atoms with Crippen molar-refractivity contribution in [2.75, 3.05) is 11.5 Å². The Morgan fingerprint density at radius 1 is 1.32 bits per heavy atom. The summed E-state index contributed by atoms with van der Waals surface area (Å²) >= 11 is 1.27. The van der Waals surface area contributed by atoms with E-state index in [4.69, 9.17) is 4.42 Å². The summed E-state index contributed by atoms with van der Waals surface area (Å²) in [5.74, 6) is 1.07. The van der Waals surface area contributed by atoms with Crippen LogP contribution in [0.2, 0.25) is 0 Å². The number of sulfone groups is 1. The van der Waals surface area contributed by atoms with Gasteiger partial charge in [0.05, 0.1) is 11.5 Å². The van der Waals surface area contributed by atoms with Crippen molar-refractivity contribution in [3.05, 3.63) is 41.5 Å². The molecular weight excluding hydrogens is 327 g/mol. The van der Waals surface area contributed by atoms with Gasteiger partial charge in [0.2, 0.25) is 5.89 Å². The van der Waals surface area contributed by atoms with Gasteiger partial charge in [-0.25, -0.2) is 12.8 Å². The standard InChI is InChI=1S/C14H15FN2O3S2/c15-12-4-2-1-3-11(12)8-21-14-17-16-13(20-14)7-10-5-6-22(18,19)9-10/h1-4,10H,5-9H2. The fraction of sp³-hybridized carbons (Fsp3) is 0.429. The second kappa shape index (κ2) is 6.37. The van der Waals surface area contributed by atoms with E-state index >= 15 is 0 Å². The summed E-state index contributed by atoms with van der Waals surface area (Å²) in [6, 6.07) is 6.54. The smallest absolute Gasteiger partial charge is 0.276 e. The van der Waals surface area contributed by atoms with Crippen LogP contribution in [0.25, 0.3) is 0 Å². The zero-order valence-corrected chi connectivity index (χ0v) is 13.4. The van der Waals surface area contributed by atoms with Crippen molar-refractivity contribution in [3.63, 3.8) is 0 Å². The highest BCUT2D eigenvalue weighted by Crippen LogP contribution is 2.26. The van der Waals surface area contributed by atoms with Gasteiger partial charge in [0.1, 0.15) is 5.82 Å². The topological polar surface area (TPSA) is 73.1 Å². The first-order valence-electron chi connectivity index (χ1n) is 6.91. The Morgan fingerprint density at radius 3 is 2.86 bits per heavy atom. The van der Waals surface area contributed by atoms with Crippen LogP contribution in [0.1, 0.15) is 17.9 Å². The summed E-state index contributed by atoms with van der Waals surface area (Å²) in [6.45, 7) is 0. The highest BCUT2D eigenvalue weighted by Gasteiger charge is 2.29. The lowest BCUT2D eigenvalue weighted by molar-refractivity contribution is 0.389.